The molecule has 6 heteroatoms. The topological polar surface area (TPSA) is 35.6 Å². The molecule has 2 bridgehead atoms. The fourth-order valence-corrected chi connectivity index (χ4v) is 5.66. The number of carbonyl (C=O) groups excluding carboxylic acids is 1. The predicted octanol–water partition coefficient (Wildman–Crippen LogP) is 3.47. The van der Waals surface area contributed by atoms with Crippen LogP contribution in [0.4, 0.5) is 0 Å². The molecule has 0 radical (unpaired) electrons. The summed E-state index contributed by atoms with van der Waals surface area (Å²) >= 11 is 0. The highest BCUT2D eigenvalue weighted by molar-refractivity contribution is 5.85. The van der Waals surface area contributed by atoms with Crippen LogP contribution in [0.25, 0.3) is 0 Å². The van der Waals surface area contributed by atoms with Crippen molar-refractivity contribution in [3.8, 4) is 0 Å². The lowest BCUT2D eigenvalue weighted by atomic mass is 9.86. The Balaban J connectivity index is 0.00000121. The minimum atomic E-state index is 0. The largest absolute Gasteiger partial charge is 0.340 e. The average Bonchev–Trinajstić information content (AvgIpc) is 2.94. The maximum Gasteiger partial charge on any atom is 0.222 e. The summed E-state index contributed by atoms with van der Waals surface area (Å²) in [7, 11) is 0. The molecule has 3 aliphatic heterocycles. The van der Waals surface area contributed by atoms with E-state index in [0.717, 1.165) is 44.6 Å². The van der Waals surface area contributed by atoms with Gasteiger partial charge in [0.2, 0.25) is 5.91 Å². The van der Waals surface area contributed by atoms with E-state index < -0.39 is 0 Å². The van der Waals surface area contributed by atoms with Crippen molar-refractivity contribution < 1.29 is 4.79 Å². The van der Waals surface area contributed by atoms with Crippen LogP contribution in [0.1, 0.15) is 64.7 Å². The van der Waals surface area contributed by atoms with Gasteiger partial charge >= 0.3 is 0 Å². The summed E-state index contributed by atoms with van der Waals surface area (Å²) in [5, 5.41) is 3.69. The molecule has 152 valence electrons. The highest BCUT2D eigenvalue weighted by Crippen LogP contribution is 2.33. The van der Waals surface area contributed by atoms with Crippen LogP contribution in [0, 0.1) is 11.8 Å². The van der Waals surface area contributed by atoms with Crippen molar-refractivity contribution in [3.63, 3.8) is 0 Å². The summed E-state index contributed by atoms with van der Waals surface area (Å²) in [6.07, 6.45) is 11.4. The highest BCUT2D eigenvalue weighted by atomic mass is 35.5. The van der Waals surface area contributed by atoms with Gasteiger partial charge in [-0.25, -0.2) is 0 Å². The van der Waals surface area contributed by atoms with Gasteiger partial charge in [-0.3, -0.25) is 9.69 Å². The first-order valence-electron chi connectivity index (χ1n) is 10.4. The molecule has 1 saturated carbocycles. The molecule has 1 N–H and O–H groups in total. The third-order valence-electron chi connectivity index (χ3n) is 7.20. The molecular formula is C20H37Cl2N3O. The first kappa shape index (κ1) is 22.3. The summed E-state index contributed by atoms with van der Waals surface area (Å²) in [6.45, 7) is 6.51. The van der Waals surface area contributed by atoms with Gasteiger partial charge in [-0.2, -0.15) is 0 Å². The summed E-state index contributed by atoms with van der Waals surface area (Å²) in [4.78, 5) is 17.5. The highest BCUT2D eigenvalue weighted by Gasteiger charge is 2.35. The Kier molecular flexibility index (Phi) is 8.52. The molecule has 2 atom stereocenters. The molecule has 4 fully saturated rings. The van der Waals surface area contributed by atoms with E-state index in [-0.39, 0.29) is 24.8 Å². The second-order valence-corrected chi connectivity index (χ2v) is 9.01. The van der Waals surface area contributed by atoms with E-state index in [0.29, 0.717) is 23.9 Å². The van der Waals surface area contributed by atoms with E-state index in [1.54, 1.807) is 0 Å². The van der Waals surface area contributed by atoms with Gasteiger partial charge in [0.25, 0.3) is 0 Å². The van der Waals surface area contributed by atoms with E-state index in [4.69, 9.17) is 0 Å². The van der Waals surface area contributed by atoms with Gasteiger partial charge in [0.1, 0.15) is 0 Å². The third kappa shape index (κ3) is 5.27. The molecule has 1 aliphatic carbocycles. The Labute approximate surface area is 171 Å². The number of fused-ring (bicyclic) bond motifs is 2. The molecule has 4 nitrogen and oxygen atoms in total. The molecule has 3 heterocycles. The Morgan fingerprint density at radius 1 is 0.885 bits per heavy atom. The van der Waals surface area contributed by atoms with Crippen LogP contribution in [0.15, 0.2) is 0 Å². The van der Waals surface area contributed by atoms with Crippen LogP contribution in [0.2, 0.25) is 0 Å². The van der Waals surface area contributed by atoms with Gasteiger partial charge in [-0.05, 0) is 63.2 Å². The van der Waals surface area contributed by atoms with Crippen LogP contribution in [0.3, 0.4) is 0 Å². The van der Waals surface area contributed by atoms with Crippen LogP contribution >= 0.6 is 24.8 Å². The molecule has 4 aliphatic rings. The lowest BCUT2D eigenvalue weighted by molar-refractivity contribution is -0.134. The molecule has 0 aromatic carbocycles. The molecule has 4 rings (SSSR count). The number of piperazine rings is 1. The van der Waals surface area contributed by atoms with E-state index in [9.17, 15) is 4.79 Å². The number of carbonyl (C=O) groups is 1. The van der Waals surface area contributed by atoms with Crippen LogP contribution in [-0.2, 0) is 4.79 Å². The summed E-state index contributed by atoms with van der Waals surface area (Å²) < 4.78 is 0. The van der Waals surface area contributed by atoms with Crippen molar-refractivity contribution in [2.24, 2.45) is 11.8 Å². The summed E-state index contributed by atoms with van der Waals surface area (Å²) in [6, 6.07) is 2.19. The van der Waals surface area contributed by atoms with Gasteiger partial charge in [-0.15, -0.1) is 24.8 Å². The number of hydrogen-bond acceptors (Lipinski definition) is 3. The SMILES string of the molecule is CC1CCC(N2CCN(C(=O)CC3CC4CCC(C3)N4)CC2)CC1.Cl.Cl. The normalized spacial score (nSPS) is 37.6. The zero-order chi connectivity index (χ0) is 16.5. The molecule has 0 spiro atoms. The van der Waals surface area contributed by atoms with E-state index in [1.165, 1.54) is 51.4 Å². The second kappa shape index (κ2) is 9.95. The zero-order valence-corrected chi connectivity index (χ0v) is 17.8. The molecular weight excluding hydrogens is 369 g/mol. The number of nitrogens with zero attached hydrogens (tertiary/aromatic N) is 2. The van der Waals surface area contributed by atoms with Crippen LogP contribution in [0.5, 0.6) is 0 Å². The Morgan fingerprint density at radius 2 is 1.46 bits per heavy atom. The molecule has 1 amide bonds. The van der Waals surface area contributed by atoms with E-state index >= 15 is 0 Å². The minimum absolute atomic E-state index is 0. The quantitative estimate of drug-likeness (QED) is 0.780. The second-order valence-electron chi connectivity index (χ2n) is 9.01. The zero-order valence-electron chi connectivity index (χ0n) is 16.2. The maximum absolute atomic E-state index is 12.7. The van der Waals surface area contributed by atoms with E-state index in [1.807, 2.05) is 0 Å². The average molecular weight is 406 g/mol. The van der Waals surface area contributed by atoms with E-state index in [2.05, 4.69) is 22.0 Å². The number of piperidine rings is 1. The van der Waals surface area contributed by atoms with Gasteiger partial charge in [0.15, 0.2) is 0 Å². The Bertz CT molecular complexity index is 436. The van der Waals surface area contributed by atoms with Crippen molar-refractivity contribution >= 4 is 30.7 Å². The number of nitrogens with one attached hydrogen (secondary N) is 1. The summed E-state index contributed by atoms with van der Waals surface area (Å²) in [5.74, 6) is 1.98. The van der Waals surface area contributed by atoms with Crippen LogP contribution in [-0.4, -0.2) is 60.0 Å². The van der Waals surface area contributed by atoms with Crippen molar-refractivity contribution in [1.29, 1.82) is 0 Å². The number of rotatable bonds is 3. The van der Waals surface area contributed by atoms with Gasteiger partial charge in [0, 0.05) is 50.7 Å². The standard InChI is InChI=1S/C20H35N3O.2ClH/c1-15-2-6-19(7-3-15)22-8-10-23(11-9-22)20(24)14-16-12-17-4-5-18(13-16)21-17;;/h15-19,21H,2-14H2,1H3;2*1H. The van der Waals surface area contributed by atoms with Crippen molar-refractivity contribution in [1.82, 2.24) is 15.1 Å². The molecule has 0 aromatic rings. The smallest absolute Gasteiger partial charge is 0.222 e. The van der Waals surface area contributed by atoms with Crippen molar-refractivity contribution in [3.05, 3.63) is 0 Å². The predicted molar refractivity (Wildman–Crippen MR) is 111 cm³/mol. The molecule has 0 aromatic heterocycles. The monoisotopic (exact) mass is 405 g/mol. The fraction of sp³-hybridized carbons (Fsp3) is 0.950. The van der Waals surface area contributed by atoms with Crippen molar-refractivity contribution in [2.45, 2.75) is 82.8 Å². The lowest BCUT2D eigenvalue weighted by Gasteiger charge is -2.42. The molecule has 2 unspecified atom stereocenters. The number of halogens is 2. The van der Waals surface area contributed by atoms with Gasteiger partial charge in [0.05, 0.1) is 0 Å². The lowest BCUT2D eigenvalue weighted by Crippen LogP contribution is -2.53. The first-order chi connectivity index (χ1) is 11.7. The Hall–Kier alpha value is -0.0300. The first-order valence-corrected chi connectivity index (χ1v) is 10.4. The van der Waals surface area contributed by atoms with Gasteiger partial charge < -0.3 is 10.2 Å². The Morgan fingerprint density at radius 3 is 2.04 bits per heavy atom. The van der Waals surface area contributed by atoms with Crippen molar-refractivity contribution in [2.75, 3.05) is 26.2 Å². The minimum Gasteiger partial charge on any atom is -0.340 e. The molecule has 3 saturated heterocycles. The fourth-order valence-electron chi connectivity index (χ4n) is 5.66. The third-order valence-corrected chi connectivity index (χ3v) is 7.20. The number of amides is 1. The number of hydrogen-bond donors (Lipinski definition) is 1. The summed E-state index contributed by atoms with van der Waals surface area (Å²) in [5.41, 5.74) is 0. The maximum atomic E-state index is 12.7. The van der Waals surface area contributed by atoms with Crippen LogP contribution < -0.4 is 5.32 Å². The van der Waals surface area contributed by atoms with Gasteiger partial charge in [-0.1, -0.05) is 6.92 Å². The molecule has 26 heavy (non-hydrogen) atoms.